The Bertz CT molecular complexity index is 685. The Morgan fingerprint density at radius 3 is 2.83 bits per heavy atom. The third-order valence-corrected chi connectivity index (χ3v) is 4.59. The third-order valence-electron chi connectivity index (χ3n) is 3.70. The van der Waals surface area contributed by atoms with Crippen molar-refractivity contribution in [1.29, 1.82) is 0 Å². The lowest BCUT2D eigenvalue weighted by Crippen LogP contribution is -2.39. The largest absolute Gasteiger partial charge is 0.351 e. The van der Waals surface area contributed by atoms with E-state index >= 15 is 0 Å². The maximum absolute atomic E-state index is 9.89. The minimum Gasteiger partial charge on any atom is -0.351 e. The highest BCUT2D eigenvalue weighted by Crippen LogP contribution is 2.32. The van der Waals surface area contributed by atoms with Gasteiger partial charge in [0.15, 0.2) is 0 Å². The fourth-order valence-corrected chi connectivity index (χ4v) is 3.44. The van der Waals surface area contributed by atoms with Gasteiger partial charge in [-0.2, -0.15) is 5.06 Å². The van der Waals surface area contributed by atoms with Gasteiger partial charge in [0.1, 0.15) is 0 Å². The standard InChI is InChI=1S/C18H23N3OS/c1-18(2,3)8-6-15-5-4-14(10-19-15)11-20-13-21(22)12-17-16(20)7-9-23-17/h4-10,22H,11-13H2,1-3H3. The molecule has 2 aromatic heterocycles. The maximum Gasteiger partial charge on any atom is 0.0952 e. The molecule has 3 heterocycles. The van der Waals surface area contributed by atoms with Crippen molar-refractivity contribution in [2.75, 3.05) is 11.6 Å². The van der Waals surface area contributed by atoms with Crippen LogP contribution in [0.1, 0.15) is 36.9 Å². The van der Waals surface area contributed by atoms with Crippen molar-refractivity contribution in [3.05, 3.63) is 52.0 Å². The van der Waals surface area contributed by atoms with E-state index in [0.717, 1.165) is 17.8 Å². The molecule has 0 saturated heterocycles. The molecule has 0 radical (unpaired) electrons. The Kier molecular flexibility index (Phi) is 4.53. The van der Waals surface area contributed by atoms with Gasteiger partial charge in [0.05, 0.1) is 24.6 Å². The Labute approximate surface area is 141 Å². The van der Waals surface area contributed by atoms with Crippen molar-refractivity contribution in [2.45, 2.75) is 33.9 Å². The number of thiophene rings is 1. The molecule has 3 rings (SSSR count). The zero-order chi connectivity index (χ0) is 16.4. The molecule has 1 aliphatic rings. The molecule has 5 heteroatoms. The lowest BCUT2D eigenvalue weighted by atomic mass is 9.96. The van der Waals surface area contributed by atoms with Crippen LogP contribution in [0.5, 0.6) is 0 Å². The molecule has 4 nitrogen and oxygen atoms in total. The molecule has 2 aromatic rings. The summed E-state index contributed by atoms with van der Waals surface area (Å²) in [4.78, 5) is 7.91. The highest BCUT2D eigenvalue weighted by atomic mass is 32.1. The summed E-state index contributed by atoms with van der Waals surface area (Å²) < 4.78 is 0. The van der Waals surface area contributed by atoms with Crippen LogP contribution in [0.2, 0.25) is 0 Å². The molecule has 0 amide bonds. The molecule has 0 fully saturated rings. The zero-order valence-electron chi connectivity index (χ0n) is 13.9. The van der Waals surface area contributed by atoms with Gasteiger partial charge in [-0.25, -0.2) is 0 Å². The van der Waals surface area contributed by atoms with Gasteiger partial charge in [-0.05, 0) is 34.6 Å². The van der Waals surface area contributed by atoms with E-state index in [4.69, 9.17) is 0 Å². The summed E-state index contributed by atoms with van der Waals surface area (Å²) in [5.74, 6) is 0. The quantitative estimate of drug-likeness (QED) is 0.907. The van der Waals surface area contributed by atoms with Crippen molar-refractivity contribution in [2.24, 2.45) is 5.41 Å². The van der Waals surface area contributed by atoms with Crippen LogP contribution in [0.4, 0.5) is 5.69 Å². The molecule has 0 saturated carbocycles. The fraction of sp³-hybridized carbons (Fsp3) is 0.389. The monoisotopic (exact) mass is 329 g/mol. The Hall–Kier alpha value is -1.69. The fourth-order valence-electron chi connectivity index (χ4n) is 2.54. The molecule has 0 aliphatic carbocycles. The molecule has 1 aliphatic heterocycles. The van der Waals surface area contributed by atoms with Crippen LogP contribution in [0.15, 0.2) is 35.9 Å². The third kappa shape index (κ3) is 4.19. The van der Waals surface area contributed by atoms with Gasteiger partial charge in [0.2, 0.25) is 0 Å². The number of rotatable bonds is 3. The van der Waals surface area contributed by atoms with Gasteiger partial charge in [-0.3, -0.25) is 4.98 Å². The highest BCUT2D eigenvalue weighted by molar-refractivity contribution is 7.10. The normalized spacial score (nSPS) is 16.1. The molecule has 0 atom stereocenters. The first kappa shape index (κ1) is 16.2. The van der Waals surface area contributed by atoms with E-state index in [0.29, 0.717) is 13.2 Å². The minimum atomic E-state index is 0.161. The Morgan fingerprint density at radius 1 is 1.30 bits per heavy atom. The molecule has 23 heavy (non-hydrogen) atoms. The summed E-state index contributed by atoms with van der Waals surface area (Å²) in [6, 6.07) is 6.28. The summed E-state index contributed by atoms with van der Waals surface area (Å²) >= 11 is 1.69. The predicted octanol–water partition coefficient (Wildman–Crippen LogP) is 4.37. The van der Waals surface area contributed by atoms with E-state index in [1.165, 1.54) is 15.6 Å². The maximum atomic E-state index is 9.89. The van der Waals surface area contributed by atoms with Gasteiger partial charge in [-0.1, -0.05) is 32.9 Å². The van der Waals surface area contributed by atoms with Crippen LogP contribution in [-0.4, -0.2) is 21.9 Å². The van der Waals surface area contributed by atoms with Crippen molar-refractivity contribution in [1.82, 2.24) is 10.0 Å². The van der Waals surface area contributed by atoms with Crippen molar-refractivity contribution in [3.63, 3.8) is 0 Å². The average Bonchev–Trinajstić information content (AvgIpc) is 2.94. The van der Waals surface area contributed by atoms with E-state index in [1.807, 2.05) is 12.3 Å². The number of hydrogen-bond acceptors (Lipinski definition) is 5. The molecular formula is C18H23N3OS. The van der Waals surface area contributed by atoms with Gasteiger partial charge in [0.25, 0.3) is 0 Å². The van der Waals surface area contributed by atoms with Crippen molar-refractivity contribution in [3.8, 4) is 0 Å². The first-order valence-corrected chi connectivity index (χ1v) is 8.68. The second kappa shape index (κ2) is 6.43. The van der Waals surface area contributed by atoms with Crippen LogP contribution < -0.4 is 4.90 Å². The summed E-state index contributed by atoms with van der Waals surface area (Å²) in [6.07, 6.45) is 6.16. The number of fused-ring (bicyclic) bond motifs is 1. The van der Waals surface area contributed by atoms with Crippen LogP contribution in [0.25, 0.3) is 6.08 Å². The number of hydrogen-bond donors (Lipinski definition) is 1. The molecule has 0 bridgehead atoms. The smallest absolute Gasteiger partial charge is 0.0952 e. The first-order chi connectivity index (χ1) is 10.9. The molecule has 1 N–H and O–H groups in total. The van der Waals surface area contributed by atoms with Crippen molar-refractivity contribution < 1.29 is 5.21 Å². The summed E-state index contributed by atoms with van der Waals surface area (Å²) in [7, 11) is 0. The Balaban J connectivity index is 1.71. The van der Waals surface area contributed by atoms with Crippen LogP contribution in [0, 0.1) is 5.41 Å². The van der Waals surface area contributed by atoms with E-state index < -0.39 is 0 Å². The second-order valence-electron chi connectivity index (χ2n) is 7.02. The van der Waals surface area contributed by atoms with Crippen LogP contribution >= 0.6 is 11.3 Å². The zero-order valence-corrected chi connectivity index (χ0v) is 14.7. The van der Waals surface area contributed by atoms with E-state index in [2.05, 4.69) is 60.3 Å². The Morgan fingerprint density at radius 2 is 2.13 bits per heavy atom. The van der Waals surface area contributed by atoms with E-state index in [-0.39, 0.29) is 5.41 Å². The summed E-state index contributed by atoms with van der Waals surface area (Å²) in [6.45, 7) is 8.40. The lowest BCUT2D eigenvalue weighted by Gasteiger charge is -2.33. The number of allylic oxidation sites excluding steroid dienone is 1. The van der Waals surface area contributed by atoms with Crippen LogP contribution in [-0.2, 0) is 13.1 Å². The highest BCUT2D eigenvalue weighted by Gasteiger charge is 2.22. The van der Waals surface area contributed by atoms with Gasteiger partial charge >= 0.3 is 0 Å². The molecular weight excluding hydrogens is 306 g/mol. The topological polar surface area (TPSA) is 39.6 Å². The first-order valence-electron chi connectivity index (χ1n) is 7.80. The van der Waals surface area contributed by atoms with E-state index in [9.17, 15) is 5.21 Å². The van der Waals surface area contributed by atoms with Gasteiger partial charge in [-0.15, -0.1) is 11.3 Å². The predicted molar refractivity (Wildman–Crippen MR) is 95.4 cm³/mol. The number of aromatic nitrogens is 1. The average molecular weight is 329 g/mol. The molecule has 0 unspecified atom stereocenters. The second-order valence-corrected chi connectivity index (χ2v) is 8.02. The van der Waals surface area contributed by atoms with Gasteiger partial charge < -0.3 is 10.1 Å². The molecule has 0 aromatic carbocycles. The number of hydroxylamine groups is 2. The summed E-state index contributed by atoms with van der Waals surface area (Å²) in [5, 5.41) is 13.3. The number of nitrogens with zero attached hydrogens (tertiary/aromatic N) is 3. The number of pyridine rings is 1. The summed E-state index contributed by atoms with van der Waals surface area (Å²) in [5.41, 5.74) is 3.50. The van der Waals surface area contributed by atoms with Crippen LogP contribution in [0.3, 0.4) is 0 Å². The lowest BCUT2D eigenvalue weighted by molar-refractivity contribution is -0.102. The SMILES string of the molecule is CC(C)(C)C=Cc1ccc(CN2CN(O)Cc3sccc32)cn1. The minimum absolute atomic E-state index is 0.161. The molecule has 122 valence electrons. The van der Waals surface area contributed by atoms with E-state index in [1.54, 1.807) is 11.3 Å². The number of anilines is 1. The molecule has 0 spiro atoms. The van der Waals surface area contributed by atoms with Gasteiger partial charge in [0, 0.05) is 17.6 Å². The van der Waals surface area contributed by atoms with Crippen molar-refractivity contribution >= 4 is 23.1 Å².